The van der Waals surface area contributed by atoms with Crippen LogP contribution in [0.3, 0.4) is 0 Å². The number of rotatable bonds is 0. The van der Waals surface area contributed by atoms with Gasteiger partial charge in [-0.3, -0.25) is 4.79 Å². The summed E-state index contributed by atoms with van der Waals surface area (Å²) in [5, 5.41) is 0. The minimum Gasteiger partial charge on any atom is -0.299 e. The third-order valence-corrected chi connectivity index (χ3v) is 10.1. The van der Waals surface area contributed by atoms with Gasteiger partial charge in [0, 0.05) is 22.1 Å². The monoisotopic (exact) mass is 428 g/mol. The molecule has 4 aliphatic carbocycles. The van der Waals surface area contributed by atoms with Gasteiger partial charge in [0.15, 0.2) is 0 Å². The Morgan fingerprint density at radius 2 is 1.86 bits per heavy atom. The first-order chi connectivity index (χ1) is 10.4. The van der Waals surface area contributed by atoms with Crippen LogP contribution in [0.25, 0.3) is 0 Å². The van der Waals surface area contributed by atoms with Crippen molar-refractivity contribution in [1.29, 1.82) is 0 Å². The maximum atomic E-state index is 12.5. The molecule has 0 aliphatic heterocycles. The number of hydrogen-bond acceptors (Lipinski definition) is 1. The van der Waals surface area contributed by atoms with Gasteiger partial charge in [-0.15, -0.1) is 0 Å². The van der Waals surface area contributed by atoms with Crippen molar-refractivity contribution in [1.82, 2.24) is 0 Å². The SMILES string of the molecule is C[C@]12CC[C@H]3[C@@H](CC(Br)=C4CCCC(Br)[C@@]43C)[C@@H]1CCC2=O. The van der Waals surface area contributed by atoms with E-state index in [4.69, 9.17) is 0 Å². The molecule has 4 rings (SSSR count). The lowest BCUT2D eigenvalue weighted by Gasteiger charge is -2.58. The van der Waals surface area contributed by atoms with Crippen LogP contribution in [0.1, 0.15) is 65.2 Å². The molecule has 0 aromatic carbocycles. The summed E-state index contributed by atoms with van der Waals surface area (Å²) in [6.07, 6.45) is 9.38. The van der Waals surface area contributed by atoms with E-state index in [1.165, 1.54) is 36.6 Å². The average molecular weight is 430 g/mol. The Hall–Kier alpha value is 0.370. The summed E-state index contributed by atoms with van der Waals surface area (Å²) < 4.78 is 1.48. The Bertz CT molecular complexity index is 554. The van der Waals surface area contributed by atoms with Gasteiger partial charge in [-0.05, 0) is 67.2 Å². The Morgan fingerprint density at radius 3 is 2.64 bits per heavy atom. The molecule has 3 saturated carbocycles. The molecule has 0 aromatic heterocycles. The molecule has 0 heterocycles. The average Bonchev–Trinajstić information content (AvgIpc) is 2.78. The minimum absolute atomic E-state index is 0.0151. The summed E-state index contributed by atoms with van der Waals surface area (Å²) in [6, 6.07) is 0. The van der Waals surface area contributed by atoms with E-state index >= 15 is 0 Å². The van der Waals surface area contributed by atoms with Crippen LogP contribution in [0.2, 0.25) is 0 Å². The van der Waals surface area contributed by atoms with Crippen molar-refractivity contribution in [3.05, 3.63) is 10.1 Å². The molecular weight excluding hydrogens is 404 g/mol. The summed E-state index contributed by atoms with van der Waals surface area (Å²) >= 11 is 8.01. The molecule has 122 valence electrons. The van der Waals surface area contributed by atoms with Crippen molar-refractivity contribution >= 4 is 37.6 Å². The number of carbonyl (C=O) groups is 1. The predicted molar refractivity (Wildman–Crippen MR) is 97.3 cm³/mol. The molecule has 3 fully saturated rings. The van der Waals surface area contributed by atoms with Crippen LogP contribution in [0.5, 0.6) is 0 Å². The van der Waals surface area contributed by atoms with Crippen molar-refractivity contribution in [2.45, 2.75) is 70.0 Å². The number of Topliss-reactive ketones (excluding diaryl/α,β-unsaturated/α-hetero) is 1. The van der Waals surface area contributed by atoms with Crippen LogP contribution in [0.15, 0.2) is 10.1 Å². The lowest BCUT2D eigenvalue weighted by Crippen LogP contribution is -2.53. The maximum absolute atomic E-state index is 12.5. The zero-order valence-corrected chi connectivity index (χ0v) is 16.8. The van der Waals surface area contributed by atoms with Gasteiger partial charge in [0.25, 0.3) is 0 Å². The topological polar surface area (TPSA) is 17.1 Å². The summed E-state index contributed by atoms with van der Waals surface area (Å²) in [7, 11) is 0. The standard InChI is InChI=1S/C19H26Br2O/c1-18-9-8-13-11(12(18)6-7-17(18)22)10-15(20)14-4-3-5-16(21)19(13,14)2/h11-13,16H,3-10H2,1-2H3/t11-,12-,13-,16?,18-,19+/m0/s1. The van der Waals surface area contributed by atoms with Crippen LogP contribution < -0.4 is 0 Å². The van der Waals surface area contributed by atoms with Gasteiger partial charge < -0.3 is 0 Å². The second kappa shape index (κ2) is 5.18. The minimum atomic E-state index is -0.0151. The first-order valence-corrected chi connectivity index (χ1v) is 10.6. The summed E-state index contributed by atoms with van der Waals surface area (Å²) in [5.41, 5.74) is 1.97. The zero-order valence-electron chi connectivity index (χ0n) is 13.6. The molecule has 0 radical (unpaired) electrons. The summed E-state index contributed by atoms with van der Waals surface area (Å²) in [5.74, 6) is 2.63. The number of ketones is 1. The highest BCUT2D eigenvalue weighted by molar-refractivity contribution is 9.11. The molecule has 0 N–H and O–H groups in total. The Balaban J connectivity index is 1.78. The molecular formula is C19H26Br2O. The van der Waals surface area contributed by atoms with E-state index in [-0.39, 0.29) is 5.41 Å². The van der Waals surface area contributed by atoms with E-state index in [2.05, 4.69) is 45.7 Å². The van der Waals surface area contributed by atoms with Crippen molar-refractivity contribution in [2.75, 3.05) is 0 Å². The van der Waals surface area contributed by atoms with Gasteiger partial charge in [-0.2, -0.15) is 0 Å². The third kappa shape index (κ3) is 1.90. The lowest BCUT2D eigenvalue weighted by atomic mass is 9.48. The molecule has 0 saturated heterocycles. The van der Waals surface area contributed by atoms with Gasteiger partial charge >= 0.3 is 0 Å². The quantitative estimate of drug-likeness (QED) is 0.431. The van der Waals surface area contributed by atoms with E-state index in [1.807, 2.05) is 0 Å². The van der Waals surface area contributed by atoms with Gasteiger partial charge in [0.1, 0.15) is 5.78 Å². The summed E-state index contributed by atoms with van der Waals surface area (Å²) in [6.45, 7) is 4.78. The predicted octanol–water partition coefficient (Wildman–Crippen LogP) is 6.00. The van der Waals surface area contributed by atoms with E-state index in [9.17, 15) is 4.79 Å². The van der Waals surface area contributed by atoms with Crippen LogP contribution in [0, 0.1) is 28.6 Å². The Labute approximate surface area is 150 Å². The molecule has 3 heteroatoms. The highest BCUT2D eigenvalue weighted by atomic mass is 79.9. The normalized spacial score (nSPS) is 51.4. The van der Waals surface area contributed by atoms with E-state index in [0.29, 0.717) is 27.9 Å². The van der Waals surface area contributed by atoms with Crippen LogP contribution in [0.4, 0.5) is 0 Å². The van der Waals surface area contributed by atoms with Gasteiger partial charge in [-0.1, -0.05) is 51.3 Å². The largest absolute Gasteiger partial charge is 0.299 e. The smallest absolute Gasteiger partial charge is 0.139 e. The molecule has 22 heavy (non-hydrogen) atoms. The van der Waals surface area contributed by atoms with Crippen LogP contribution >= 0.6 is 31.9 Å². The van der Waals surface area contributed by atoms with E-state index in [0.717, 1.165) is 25.2 Å². The number of halogens is 2. The fourth-order valence-electron chi connectivity index (χ4n) is 6.52. The first-order valence-electron chi connectivity index (χ1n) is 8.94. The van der Waals surface area contributed by atoms with Crippen LogP contribution in [-0.4, -0.2) is 10.6 Å². The number of carbonyl (C=O) groups excluding carboxylic acids is 1. The second-order valence-electron chi connectivity index (χ2n) is 8.52. The van der Waals surface area contributed by atoms with Gasteiger partial charge in [-0.25, -0.2) is 0 Å². The molecule has 0 aromatic rings. The number of hydrogen-bond donors (Lipinski definition) is 0. The Kier molecular flexibility index (Phi) is 3.74. The zero-order chi connectivity index (χ0) is 15.7. The van der Waals surface area contributed by atoms with Crippen molar-refractivity contribution in [3.63, 3.8) is 0 Å². The molecule has 1 unspecified atom stereocenters. The van der Waals surface area contributed by atoms with Crippen LogP contribution in [-0.2, 0) is 4.79 Å². The second-order valence-corrected chi connectivity index (χ2v) is 10.6. The molecule has 0 spiro atoms. The summed E-state index contributed by atoms with van der Waals surface area (Å²) in [4.78, 5) is 13.1. The van der Waals surface area contributed by atoms with Crippen molar-refractivity contribution in [3.8, 4) is 0 Å². The molecule has 0 amide bonds. The molecule has 6 atom stereocenters. The van der Waals surface area contributed by atoms with Crippen molar-refractivity contribution < 1.29 is 4.79 Å². The third-order valence-electron chi connectivity index (χ3n) is 7.84. The maximum Gasteiger partial charge on any atom is 0.139 e. The number of allylic oxidation sites excluding steroid dienone is 2. The van der Waals surface area contributed by atoms with Crippen molar-refractivity contribution in [2.24, 2.45) is 28.6 Å². The van der Waals surface area contributed by atoms with Gasteiger partial charge in [0.2, 0.25) is 0 Å². The number of alkyl halides is 1. The highest BCUT2D eigenvalue weighted by Crippen LogP contribution is 2.66. The first kappa shape index (κ1) is 15.9. The molecule has 0 bridgehead atoms. The van der Waals surface area contributed by atoms with E-state index in [1.54, 1.807) is 5.57 Å². The van der Waals surface area contributed by atoms with E-state index < -0.39 is 0 Å². The molecule has 1 nitrogen and oxygen atoms in total. The lowest BCUT2D eigenvalue weighted by molar-refractivity contribution is -0.131. The fraction of sp³-hybridized carbons (Fsp3) is 0.842. The highest BCUT2D eigenvalue weighted by Gasteiger charge is 2.60. The fourth-order valence-corrected chi connectivity index (χ4v) is 8.46. The number of fused-ring (bicyclic) bond motifs is 5. The molecule has 4 aliphatic rings. The van der Waals surface area contributed by atoms with Gasteiger partial charge in [0.05, 0.1) is 0 Å². The Morgan fingerprint density at radius 1 is 1.09 bits per heavy atom.